The molecule has 0 saturated heterocycles. The number of hydrogen-bond donors (Lipinski definition) is 2. The van der Waals surface area contributed by atoms with Gasteiger partial charge in [-0.2, -0.15) is 17.6 Å². The molecule has 8 bridgehead atoms. The zero-order valence-corrected chi connectivity index (χ0v) is 35.7. The first-order valence-electron chi connectivity index (χ1n) is 21.4. The summed E-state index contributed by atoms with van der Waals surface area (Å²) in [4.78, 5) is 24.1. The van der Waals surface area contributed by atoms with Crippen molar-refractivity contribution in [1.82, 2.24) is 0 Å². The molecule has 0 aromatic heterocycles. The highest BCUT2D eigenvalue weighted by Gasteiger charge is 2.66. The summed E-state index contributed by atoms with van der Waals surface area (Å²) < 4.78 is 139. The average Bonchev–Trinajstić information content (AvgIpc) is 3.79. The van der Waals surface area contributed by atoms with E-state index in [1.165, 1.54) is 0 Å². The fraction of sp³-hybridized carbons (Fsp3) is 0.950. The van der Waals surface area contributed by atoms with E-state index in [-0.39, 0.29) is 28.8 Å². The van der Waals surface area contributed by atoms with E-state index in [0.717, 1.165) is 116 Å². The molecule has 0 amide bonds. The normalized spacial score (nSPS) is 38.6. The van der Waals surface area contributed by atoms with Crippen LogP contribution in [0, 0.1) is 40.4 Å². The summed E-state index contributed by atoms with van der Waals surface area (Å²) in [5.41, 5.74) is -2.23. The Hall–Kier alpha value is -1.68. The van der Waals surface area contributed by atoms with E-state index in [9.17, 15) is 63.3 Å². The molecule has 344 valence electrons. The molecule has 10 fully saturated rings. The highest BCUT2D eigenvalue weighted by Crippen LogP contribution is 2.69. The SMILES string of the molecule is CC(OC(=O)COC12CC3CC(C1)CC(C1(O)CCCC1)(C3)C2)C(F)(F)S(=O)(=O)[O-].CC(OC(=O)COC1C2CC3CC1CC(C1(O)CCCC1)(C3)C2)C(F)(F)S(=O)(=O)[O-]. The molecular formula is C40H58F4O14S2-2. The predicted octanol–water partition coefficient (Wildman–Crippen LogP) is 5.29. The minimum absolute atomic E-state index is 0.0839. The molecule has 20 heteroatoms. The number of rotatable bonds is 14. The Morgan fingerprint density at radius 3 is 1.52 bits per heavy atom. The maximum Gasteiger partial charge on any atom is 0.370 e. The summed E-state index contributed by atoms with van der Waals surface area (Å²) >= 11 is 0. The van der Waals surface area contributed by atoms with Crippen LogP contribution in [0.3, 0.4) is 0 Å². The third kappa shape index (κ3) is 8.28. The number of carbonyl (C=O) groups is 2. The quantitative estimate of drug-likeness (QED) is 0.128. The monoisotopic (exact) mass is 902 g/mol. The molecule has 14 nitrogen and oxygen atoms in total. The molecule has 0 spiro atoms. The first-order valence-corrected chi connectivity index (χ1v) is 24.2. The number of halogens is 4. The summed E-state index contributed by atoms with van der Waals surface area (Å²) in [6, 6.07) is 0. The zero-order valence-electron chi connectivity index (χ0n) is 34.1. The molecule has 0 heterocycles. The number of esters is 2. The third-order valence-corrected chi connectivity index (χ3v) is 18.1. The molecule has 0 aromatic rings. The van der Waals surface area contributed by atoms with Crippen molar-refractivity contribution in [2.24, 2.45) is 40.4 Å². The summed E-state index contributed by atoms with van der Waals surface area (Å²) in [5, 5.41) is 13.3. The van der Waals surface area contributed by atoms with E-state index in [1.54, 1.807) is 0 Å². The number of alkyl halides is 4. The second-order valence-electron chi connectivity index (χ2n) is 20.0. The van der Waals surface area contributed by atoms with Crippen LogP contribution in [0.5, 0.6) is 0 Å². The van der Waals surface area contributed by atoms with Crippen LogP contribution in [-0.4, -0.2) is 107 Å². The first-order chi connectivity index (χ1) is 27.7. The summed E-state index contributed by atoms with van der Waals surface area (Å²) in [6.45, 7) is 0.178. The van der Waals surface area contributed by atoms with Gasteiger partial charge in [-0.05, 0) is 140 Å². The summed E-state index contributed by atoms with van der Waals surface area (Å²) in [5.74, 6) is -0.496. The van der Waals surface area contributed by atoms with Gasteiger partial charge in [-0.25, -0.2) is 26.4 Å². The lowest BCUT2D eigenvalue weighted by atomic mass is 9.43. The lowest BCUT2D eigenvalue weighted by Crippen LogP contribution is -2.64. The van der Waals surface area contributed by atoms with Crippen molar-refractivity contribution in [3.8, 4) is 0 Å². The highest BCUT2D eigenvalue weighted by atomic mass is 32.2. The molecule has 6 atom stereocenters. The average molecular weight is 903 g/mol. The van der Waals surface area contributed by atoms with Crippen LogP contribution in [0.2, 0.25) is 0 Å². The summed E-state index contributed by atoms with van der Waals surface area (Å²) in [6.07, 6.45) is 12.2. The number of ether oxygens (including phenoxy) is 4. The minimum Gasteiger partial charge on any atom is -0.743 e. The fourth-order valence-electron chi connectivity index (χ4n) is 14.1. The van der Waals surface area contributed by atoms with Gasteiger partial charge in [0.1, 0.15) is 13.2 Å². The van der Waals surface area contributed by atoms with Gasteiger partial charge in [0.05, 0.1) is 22.9 Å². The molecule has 6 unspecified atom stereocenters. The topological polar surface area (TPSA) is 226 Å². The van der Waals surface area contributed by atoms with Crippen LogP contribution in [0.25, 0.3) is 0 Å². The molecule has 0 aliphatic heterocycles. The van der Waals surface area contributed by atoms with Gasteiger partial charge in [0.15, 0.2) is 32.4 Å². The van der Waals surface area contributed by atoms with Gasteiger partial charge < -0.3 is 38.3 Å². The Balaban J connectivity index is 0.000000181. The molecule has 10 saturated carbocycles. The first kappa shape index (κ1) is 46.3. The van der Waals surface area contributed by atoms with Crippen LogP contribution < -0.4 is 0 Å². The zero-order chi connectivity index (χ0) is 44.0. The molecule has 10 aliphatic rings. The molecule has 60 heavy (non-hydrogen) atoms. The van der Waals surface area contributed by atoms with E-state index in [2.05, 4.69) is 9.47 Å². The number of aliphatic hydroxyl groups is 2. The van der Waals surface area contributed by atoms with Crippen LogP contribution >= 0.6 is 0 Å². The Morgan fingerprint density at radius 1 is 0.650 bits per heavy atom. The van der Waals surface area contributed by atoms with E-state index in [4.69, 9.17) is 9.47 Å². The van der Waals surface area contributed by atoms with Crippen molar-refractivity contribution < 1.29 is 82.3 Å². The third-order valence-electron chi connectivity index (χ3n) is 16.1. The molecule has 0 aromatic carbocycles. The maximum absolute atomic E-state index is 13.6. The Bertz CT molecular complexity index is 1830. The van der Waals surface area contributed by atoms with Gasteiger partial charge in [-0.15, -0.1) is 0 Å². The van der Waals surface area contributed by atoms with Crippen LogP contribution in [0.15, 0.2) is 0 Å². The second kappa shape index (κ2) is 15.8. The Labute approximate surface area is 348 Å². The van der Waals surface area contributed by atoms with Crippen LogP contribution in [0.1, 0.15) is 136 Å². The van der Waals surface area contributed by atoms with E-state index >= 15 is 0 Å². The molecular weight excluding hydrogens is 845 g/mol. The van der Waals surface area contributed by atoms with Crippen molar-refractivity contribution in [1.29, 1.82) is 0 Å². The fourth-order valence-corrected chi connectivity index (χ4v) is 15.0. The van der Waals surface area contributed by atoms with Gasteiger partial charge in [-0.3, -0.25) is 0 Å². The highest BCUT2D eigenvalue weighted by molar-refractivity contribution is 7.87. The predicted molar refractivity (Wildman–Crippen MR) is 199 cm³/mol. The Morgan fingerprint density at radius 2 is 1.07 bits per heavy atom. The van der Waals surface area contributed by atoms with Crippen LogP contribution in [-0.2, 0) is 48.8 Å². The van der Waals surface area contributed by atoms with E-state index < -0.39 is 84.9 Å². The second-order valence-corrected chi connectivity index (χ2v) is 22.9. The maximum atomic E-state index is 13.6. The number of hydrogen-bond acceptors (Lipinski definition) is 14. The van der Waals surface area contributed by atoms with Crippen molar-refractivity contribution in [2.45, 2.75) is 181 Å². The van der Waals surface area contributed by atoms with Gasteiger partial charge in [0, 0.05) is 10.8 Å². The standard InChI is InChI=1S/2C20H30F2O7S/c1-13(20(21,22)30(25,26)27)29-16(23)11-28-18-9-14-6-15(10-18)8-17(7-14,12-18)19(24)4-2-3-5-19;1-12(20(21,22)30(25,26)27)29-16(23)11-28-17-14-6-13-7-15(17)10-18(8-13,9-14)19(24)4-2-3-5-19/h13-15,24H,2-12H2,1H3,(H,25,26,27);12-15,17,24H,2-11H2,1H3,(H,25,26,27)/p-2. The molecule has 10 rings (SSSR count). The van der Waals surface area contributed by atoms with Crippen LogP contribution in [0.4, 0.5) is 17.6 Å². The lowest BCUT2D eigenvalue weighted by Gasteiger charge is -2.65. The van der Waals surface area contributed by atoms with E-state index in [1.807, 2.05) is 0 Å². The van der Waals surface area contributed by atoms with Gasteiger partial charge in [0.25, 0.3) is 0 Å². The van der Waals surface area contributed by atoms with Gasteiger partial charge in [0.2, 0.25) is 0 Å². The van der Waals surface area contributed by atoms with Crippen molar-refractivity contribution >= 4 is 32.2 Å². The smallest absolute Gasteiger partial charge is 0.370 e. The van der Waals surface area contributed by atoms with Crippen molar-refractivity contribution in [3.05, 3.63) is 0 Å². The number of carbonyl (C=O) groups excluding carboxylic acids is 2. The minimum atomic E-state index is -5.95. The largest absolute Gasteiger partial charge is 0.743 e. The Kier molecular flexibility index (Phi) is 12.2. The van der Waals surface area contributed by atoms with Crippen molar-refractivity contribution in [3.63, 3.8) is 0 Å². The molecule has 0 radical (unpaired) electrons. The molecule has 10 aliphatic carbocycles. The lowest BCUT2D eigenvalue weighted by molar-refractivity contribution is -0.245. The molecule has 2 N–H and O–H groups in total. The van der Waals surface area contributed by atoms with Gasteiger partial charge >= 0.3 is 22.4 Å². The van der Waals surface area contributed by atoms with E-state index in [0.29, 0.717) is 38.0 Å². The summed E-state index contributed by atoms with van der Waals surface area (Å²) in [7, 11) is -11.9. The van der Waals surface area contributed by atoms with Crippen molar-refractivity contribution in [2.75, 3.05) is 13.2 Å². The van der Waals surface area contributed by atoms with Gasteiger partial charge in [-0.1, -0.05) is 25.7 Å².